The lowest BCUT2D eigenvalue weighted by Crippen LogP contribution is -2.54. The van der Waals surface area contributed by atoms with E-state index in [1.165, 1.54) is 11.3 Å². The van der Waals surface area contributed by atoms with E-state index >= 15 is 0 Å². The molecule has 3 amide bonds. The molecule has 7 heteroatoms. The van der Waals surface area contributed by atoms with Crippen LogP contribution in [0.25, 0.3) is 0 Å². The van der Waals surface area contributed by atoms with Crippen molar-refractivity contribution < 1.29 is 14.4 Å². The Labute approximate surface area is 133 Å². The van der Waals surface area contributed by atoms with E-state index in [1.54, 1.807) is 9.80 Å². The number of carbonyl (C=O) groups excluding carboxylic acids is 3. The zero-order valence-corrected chi connectivity index (χ0v) is 13.1. The Kier molecular flexibility index (Phi) is 4.42. The van der Waals surface area contributed by atoms with Gasteiger partial charge in [-0.15, -0.1) is 11.3 Å². The maximum atomic E-state index is 12.6. The maximum absolute atomic E-state index is 12.6. The number of nitrogens with zero attached hydrogens (tertiary/aromatic N) is 2. The molecule has 2 saturated heterocycles. The van der Waals surface area contributed by atoms with Crippen molar-refractivity contribution in [2.75, 3.05) is 32.7 Å². The summed E-state index contributed by atoms with van der Waals surface area (Å²) in [7, 11) is 0. The molecular formula is C15H19N3O3S. The van der Waals surface area contributed by atoms with Crippen LogP contribution in [0.1, 0.15) is 22.5 Å². The average molecular weight is 321 g/mol. The first-order valence-corrected chi connectivity index (χ1v) is 8.41. The molecule has 118 valence electrons. The van der Waals surface area contributed by atoms with Gasteiger partial charge in [0.05, 0.1) is 17.3 Å². The predicted octanol–water partition coefficient (Wildman–Crippen LogP) is 0.559. The van der Waals surface area contributed by atoms with Crippen molar-refractivity contribution in [3.05, 3.63) is 22.4 Å². The van der Waals surface area contributed by atoms with Gasteiger partial charge >= 0.3 is 0 Å². The second-order valence-corrected chi connectivity index (χ2v) is 6.63. The van der Waals surface area contributed by atoms with Gasteiger partial charge in [0.1, 0.15) is 0 Å². The van der Waals surface area contributed by atoms with Gasteiger partial charge in [0.2, 0.25) is 11.8 Å². The highest BCUT2D eigenvalue weighted by Gasteiger charge is 2.33. The molecule has 0 radical (unpaired) electrons. The molecule has 22 heavy (non-hydrogen) atoms. The van der Waals surface area contributed by atoms with Gasteiger partial charge in [0.25, 0.3) is 5.91 Å². The molecule has 0 aliphatic carbocycles. The van der Waals surface area contributed by atoms with Gasteiger partial charge < -0.3 is 15.1 Å². The monoisotopic (exact) mass is 321 g/mol. The number of rotatable bonds is 2. The average Bonchev–Trinajstić information content (AvgIpc) is 3.08. The fourth-order valence-corrected chi connectivity index (χ4v) is 3.69. The molecule has 2 aliphatic rings. The largest absolute Gasteiger partial charge is 0.353 e. The molecule has 0 bridgehead atoms. The lowest BCUT2D eigenvalue weighted by atomic mass is 9.96. The molecule has 0 saturated carbocycles. The summed E-state index contributed by atoms with van der Waals surface area (Å²) in [4.78, 5) is 40.5. The second-order valence-electron chi connectivity index (χ2n) is 5.68. The van der Waals surface area contributed by atoms with Crippen LogP contribution < -0.4 is 5.32 Å². The van der Waals surface area contributed by atoms with Gasteiger partial charge in [0, 0.05) is 26.2 Å². The highest BCUT2D eigenvalue weighted by molar-refractivity contribution is 7.12. The third-order valence-corrected chi connectivity index (χ3v) is 5.00. The minimum Gasteiger partial charge on any atom is -0.353 e. The third kappa shape index (κ3) is 3.14. The Morgan fingerprint density at radius 3 is 2.86 bits per heavy atom. The van der Waals surface area contributed by atoms with Gasteiger partial charge in [-0.05, 0) is 24.3 Å². The molecule has 0 spiro atoms. The first kappa shape index (κ1) is 15.0. The van der Waals surface area contributed by atoms with Gasteiger partial charge in [-0.2, -0.15) is 0 Å². The number of amides is 3. The number of nitrogens with one attached hydrogen (secondary N) is 1. The smallest absolute Gasteiger partial charge is 0.263 e. The summed E-state index contributed by atoms with van der Waals surface area (Å²) in [6.45, 7) is 2.35. The van der Waals surface area contributed by atoms with E-state index in [0.29, 0.717) is 31.1 Å². The van der Waals surface area contributed by atoms with E-state index < -0.39 is 0 Å². The van der Waals surface area contributed by atoms with E-state index in [2.05, 4.69) is 5.32 Å². The van der Waals surface area contributed by atoms with E-state index in [9.17, 15) is 14.4 Å². The fourth-order valence-electron chi connectivity index (χ4n) is 3.00. The Morgan fingerprint density at radius 1 is 1.27 bits per heavy atom. The molecule has 3 rings (SSSR count). The lowest BCUT2D eigenvalue weighted by Gasteiger charge is -2.35. The van der Waals surface area contributed by atoms with Crippen LogP contribution in [0.2, 0.25) is 0 Å². The Morgan fingerprint density at radius 2 is 2.14 bits per heavy atom. The highest BCUT2D eigenvalue weighted by atomic mass is 32.1. The van der Waals surface area contributed by atoms with Gasteiger partial charge in [0.15, 0.2) is 0 Å². The third-order valence-electron chi connectivity index (χ3n) is 4.14. The van der Waals surface area contributed by atoms with Crippen LogP contribution in [0.4, 0.5) is 0 Å². The molecule has 2 aliphatic heterocycles. The molecule has 2 fully saturated rings. The second kappa shape index (κ2) is 6.48. The maximum Gasteiger partial charge on any atom is 0.263 e. The molecule has 1 atom stereocenters. The zero-order valence-electron chi connectivity index (χ0n) is 12.3. The quantitative estimate of drug-likeness (QED) is 0.865. The summed E-state index contributed by atoms with van der Waals surface area (Å²) < 4.78 is 0. The Hall–Kier alpha value is -1.89. The van der Waals surface area contributed by atoms with E-state index in [0.717, 1.165) is 12.8 Å². The number of carbonyl (C=O) groups is 3. The van der Waals surface area contributed by atoms with E-state index in [4.69, 9.17) is 0 Å². The Balaban J connectivity index is 1.64. The van der Waals surface area contributed by atoms with Crippen LogP contribution in [-0.4, -0.2) is 60.2 Å². The number of piperazine rings is 1. The molecule has 6 nitrogen and oxygen atoms in total. The number of hydrogen-bond donors (Lipinski definition) is 1. The molecule has 3 heterocycles. The Bertz CT molecular complexity index is 573. The molecule has 1 aromatic rings. The van der Waals surface area contributed by atoms with Crippen molar-refractivity contribution in [1.82, 2.24) is 15.1 Å². The lowest BCUT2D eigenvalue weighted by molar-refractivity contribution is -0.142. The van der Waals surface area contributed by atoms with Crippen molar-refractivity contribution in [3.8, 4) is 0 Å². The normalized spacial score (nSPS) is 22.4. The van der Waals surface area contributed by atoms with Gasteiger partial charge in [-0.1, -0.05) is 6.07 Å². The first-order valence-electron chi connectivity index (χ1n) is 7.53. The minimum atomic E-state index is -0.191. The predicted molar refractivity (Wildman–Crippen MR) is 82.5 cm³/mol. The fraction of sp³-hybridized carbons (Fsp3) is 0.533. The van der Waals surface area contributed by atoms with Crippen LogP contribution >= 0.6 is 11.3 Å². The molecule has 0 aromatic carbocycles. The number of hydrogen-bond acceptors (Lipinski definition) is 4. The number of likely N-dealkylation sites (tertiary alicyclic amines) is 1. The van der Waals surface area contributed by atoms with Crippen LogP contribution in [0, 0.1) is 5.92 Å². The molecule has 1 aromatic heterocycles. The van der Waals surface area contributed by atoms with Crippen molar-refractivity contribution >= 4 is 29.1 Å². The summed E-state index contributed by atoms with van der Waals surface area (Å²) in [6.07, 6.45) is 1.61. The summed E-state index contributed by atoms with van der Waals surface area (Å²) in [6, 6.07) is 3.67. The molecule has 1 N–H and O–H groups in total. The van der Waals surface area contributed by atoms with Crippen LogP contribution in [0.15, 0.2) is 17.5 Å². The number of piperidine rings is 1. The standard InChI is InChI=1S/C15H19N3O3S/c19-13-10-18(7-5-16-13)14(20)11-3-1-6-17(9-11)15(21)12-4-2-8-22-12/h2,4,8,11H,1,3,5-7,9-10H2,(H,16,19)/t11-/m0/s1. The van der Waals surface area contributed by atoms with Crippen molar-refractivity contribution in [3.63, 3.8) is 0 Å². The summed E-state index contributed by atoms with van der Waals surface area (Å²) in [5.74, 6) is -0.298. The van der Waals surface area contributed by atoms with Crippen molar-refractivity contribution in [1.29, 1.82) is 0 Å². The van der Waals surface area contributed by atoms with Crippen molar-refractivity contribution in [2.45, 2.75) is 12.8 Å². The summed E-state index contributed by atoms with van der Waals surface area (Å²) in [5.41, 5.74) is 0. The van der Waals surface area contributed by atoms with Crippen molar-refractivity contribution in [2.24, 2.45) is 5.92 Å². The first-order chi connectivity index (χ1) is 10.6. The molecular weight excluding hydrogens is 302 g/mol. The van der Waals surface area contributed by atoms with Crippen LogP contribution in [0.5, 0.6) is 0 Å². The van der Waals surface area contributed by atoms with Crippen LogP contribution in [-0.2, 0) is 9.59 Å². The summed E-state index contributed by atoms with van der Waals surface area (Å²) >= 11 is 1.42. The van der Waals surface area contributed by atoms with Gasteiger partial charge in [-0.3, -0.25) is 14.4 Å². The molecule has 0 unspecified atom stereocenters. The zero-order chi connectivity index (χ0) is 15.5. The van der Waals surface area contributed by atoms with E-state index in [1.807, 2.05) is 17.5 Å². The van der Waals surface area contributed by atoms with Crippen LogP contribution in [0.3, 0.4) is 0 Å². The van der Waals surface area contributed by atoms with Gasteiger partial charge in [-0.25, -0.2) is 0 Å². The topological polar surface area (TPSA) is 69.7 Å². The minimum absolute atomic E-state index is 0.00136. The number of thiophene rings is 1. The summed E-state index contributed by atoms with van der Waals surface area (Å²) in [5, 5.41) is 4.60. The highest BCUT2D eigenvalue weighted by Crippen LogP contribution is 2.22. The SMILES string of the molecule is O=C1CN(C(=O)[C@H]2CCCN(C(=O)c3cccs3)C2)CCN1. The van der Waals surface area contributed by atoms with E-state index in [-0.39, 0.29) is 30.2 Å².